The molecule has 6 rings (SSSR count). The Bertz CT molecular complexity index is 1680. The van der Waals surface area contributed by atoms with E-state index in [2.05, 4.69) is 4.98 Å². The van der Waals surface area contributed by atoms with E-state index in [1.54, 1.807) is 11.7 Å². The molecule has 1 saturated carbocycles. The highest BCUT2D eigenvalue weighted by molar-refractivity contribution is 7.22. The van der Waals surface area contributed by atoms with Gasteiger partial charge in [0.25, 0.3) is 5.56 Å². The van der Waals surface area contributed by atoms with Crippen molar-refractivity contribution in [3.63, 3.8) is 0 Å². The summed E-state index contributed by atoms with van der Waals surface area (Å²) >= 11 is 1.27. The summed E-state index contributed by atoms with van der Waals surface area (Å²) in [4.78, 5) is 45.0. The van der Waals surface area contributed by atoms with Crippen molar-refractivity contribution < 1.29 is 28.5 Å². The van der Waals surface area contributed by atoms with Gasteiger partial charge in [-0.2, -0.15) is 0 Å². The van der Waals surface area contributed by atoms with Crippen molar-refractivity contribution in [2.24, 2.45) is 5.92 Å². The van der Waals surface area contributed by atoms with Gasteiger partial charge in [0.2, 0.25) is 5.89 Å². The molecule has 0 amide bonds. The number of carboxylic acid groups (broad SMARTS) is 1. The van der Waals surface area contributed by atoms with Crippen LogP contribution in [0.5, 0.6) is 5.75 Å². The van der Waals surface area contributed by atoms with Crippen molar-refractivity contribution in [2.45, 2.75) is 57.4 Å². The van der Waals surface area contributed by atoms with Crippen molar-refractivity contribution in [2.75, 3.05) is 20.3 Å². The van der Waals surface area contributed by atoms with Crippen LogP contribution in [0.2, 0.25) is 0 Å². The van der Waals surface area contributed by atoms with Gasteiger partial charge in [0.15, 0.2) is 0 Å². The molecule has 1 saturated heterocycles. The van der Waals surface area contributed by atoms with Crippen LogP contribution in [0.15, 0.2) is 50.7 Å². The molecule has 3 aromatic heterocycles. The molecule has 41 heavy (non-hydrogen) atoms. The molecule has 1 N–H and O–H groups in total. The summed E-state index contributed by atoms with van der Waals surface area (Å²) in [7, 11) is 1.59. The molecule has 0 spiro atoms. The van der Waals surface area contributed by atoms with E-state index in [1.807, 2.05) is 31.2 Å². The molecule has 1 aliphatic heterocycles. The second kappa shape index (κ2) is 11.3. The Kier molecular flexibility index (Phi) is 7.54. The fourth-order valence-corrected chi connectivity index (χ4v) is 6.99. The van der Waals surface area contributed by atoms with Gasteiger partial charge < -0.3 is 23.7 Å². The van der Waals surface area contributed by atoms with Crippen LogP contribution >= 0.6 is 11.3 Å². The predicted molar refractivity (Wildman–Crippen MR) is 151 cm³/mol. The summed E-state index contributed by atoms with van der Waals surface area (Å²) in [5.74, 6) is -0.508. The number of methoxy groups -OCH3 is 1. The molecule has 0 bridgehead atoms. The third-order valence-electron chi connectivity index (χ3n) is 8.06. The number of benzene rings is 1. The van der Waals surface area contributed by atoms with Crippen molar-refractivity contribution in [1.82, 2.24) is 14.1 Å². The number of thiophene rings is 1. The summed E-state index contributed by atoms with van der Waals surface area (Å²) in [5.41, 5.74) is 0.524. The average molecular weight is 582 g/mol. The molecule has 2 aliphatic rings. The number of aromatic nitrogens is 3. The van der Waals surface area contributed by atoms with E-state index in [0.717, 1.165) is 18.4 Å². The van der Waals surface area contributed by atoms with Crippen LogP contribution in [0.4, 0.5) is 0 Å². The van der Waals surface area contributed by atoms with Crippen LogP contribution in [0.25, 0.3) is 21.0 Å². The van der Waals surface area contributed by atoms with Crippen molar-refractivity contribution in [3.8, 4) is 16.5 Å². The summed E-state index contributed by atoms with van der Waals surface area (Å²) in [6.07, 6.45) is 4.24. The van der Waals surface area contributed by atoms with E-state index < -0.39 is 35.3 Å². The fraction of sp³-hybridized carbons (Fsp3) is 0.448. The standard InChI is InChI=1S/C29H31N3O8S/c1-16-23-26(33)32(18-13-17(14-18)28(34)35)29(36)31(27(23)41-24(16)25-30-9-12-39-25)15-22(40-19-7-10-38-11-8-19)20-5-3-4-6-21(20)37-2/h3-6,9,12,17-19,22H,7-8,10-11,13-15H2,1-2H3,(H,34,35). The Morgan fingerprint density at radius 2 is 1.98 bits per heavy atom. The van der Waals surface area contributed by atoms with Gasteiger partial charge in [-0.25, -0.2) is 9.78 Å². The van der Waals surface area contributed by atoms with Gasteiger partial charge in [0, 0.05) is 24.8 Å². The zero-order valence-electron chi connectivity index (χ0n) is 22.8. The lowest BCUT2D eigenvalue weighted by Crippen LogP contribution is -2.47. The molecular formula is C29H31N3O8S. The van der Waals surface area contributed by atoms with Crippen molar-refractivity contribution in [1.29, 1.82) is 0 Å². The number of carbonyl (C=O) groups is 1. The summed E-state index contributed by atoms with van der Waals surface area (Å²) in [5, 5.41) is 9.84. The molecule has 12 heteroatoms. The molecule has 4 heterocycles. The molecule has 1 atom stereocenters. The van der Waals surface area contributed by atoms with Gasteiger partial charge in [-0.1, -0.05) is 18.2 Å². The highest BCUT2D eigenvalue weighted by Gasteiger charge is 2.38. The number of oxazole rings is 1. The number of nitrogens with zero attached hydrogens (tertiary/aromatic N) is 3. The number of carboxylic acids is 1. The van der Waals surface area contributed by atoms with Crippen molar-refractivity contribution >= 4 is 27.5 Å². The minimum Gasteiger partial charge on any atom is -0.496 e. The van der Waals surface area contributed by atoms with Gasteiger partial charge in [0.1, 0.15) is 22.9 Å². The number of para-hydroxylation sites is 1. The number of aliphatic carboxylic acids is 1. The Labute approximate surface area is 238 Å². The van der Waals surface area contributed by atoms with Crippen LogP contribution < -0.4 is 16.0 Å². The van der Waals surface area contributed by atoms with E-state index >= 15 is 0 Å². The average Bonchev–Trinajstić information content (AvgIpc) is 3.60. The molecule has 216 valence electrons. The number of fused-ring (bicyclic) bond motifs is 1. The molecule has 1 unspecified atom stereocenters. The van der Waals surface area contributed by atoms with Gasteiger partial charge in [-0.15, -0.1) is 11.3 Å². The number of rotatable bonds is 9. The minimum absolute atomic E-state index is 0.0772. The van der Waals surface area contributed by atoms with Crippen LogP contribution in [-0.4, -0.2) is 51.6 Å². The smallest absolute Gasteiger partial charge is 0.332 e. The predicted octanol–water partition coefficient (Wildman–Crippen LogP) is 4.17. The number of hydrogen-bond donors (Lipinski definition) is 1. The summed E-state index contributed by atoms with van der Waals surface area (Å²) < 4.78 is 26.2. The molecule has 0 radical (unpaired) electrons. The van der Waals surface area contributed by atoms with E-state index in [-0.39, 0.29) is 25.5 Å². The monoisotopic (exact) mass is 581 g/mol. The second-order valence-electron chi connectivity index (χ2n) is 10.5. The van der Waals surface area contributed by atoms with Gasteiger partial charge in [-0.3, -0.25) is 18.7 Å². The minimum atomic E-state index is -0.922. The maximum Gasteiger partial charge on any atom is 0.332 e. The van der Waals surface area contributed by atoms with Crippen LogP contribution in [0.3, 0.4) is 0 Å². The number of aryl methyl sites for hydroxylation is 1. The highest BCUT2D eigenvalue weighted by atomic mass is 32.1. The first kappa shape index (κ1) is 27.4. The Hall–Kier alpha value is -3.74. The zero-order chi connectivity index (χ0) is 28.7. The molecule has 2 fully saturated rings. The molecule has 1 aliphatic carbocycles. The van der Waals surface area contributed by atoms with E-state index in [0.29, 0.717) is 45.5 Å². The van der Waals surface area contributed by atoms with Crippen molar-refractivity contribution in [3.05, 3.63) is 68.7 Å². The summed E-state index contributed by atoms with van der Waals surface area (Å²) in [6.45, 7) is 3.12. The zero-order valence-corrected chi connectivity index (χ0v) is 23.6. The molecule has 1 aromatic carbocycles. The lowest BCUT2D eigenvalue weighted by molar-refractivity contribution is -0.146. The third-order valence-corrected chi connectivity index (χ3v) is 9.36. The van der Waals surface area contributed by atoms with Crippen LogP contribution in [0.1, 0.15) is 49.0 Å². The molecule has 4 aromatic rings. The summed E-state index contributed by atoms with van der Waals surface area (Å²) in [6, 6.07) is 7.04. The number of hydrogen-bond acceptors (Lipinski definition) is 9. The normalized spacial score (nSPS) is 20.1. The van der Waals surface area contributed by atoms with Gasteiger partial charge in [-0.05, 0) is 44.2 Å². The number of ether oxygens (including phenoxy) is 3. The molecular weight excluding hydrogens is 550 g/mol. The first-order valence-electron chi connectivity index (χ1n) is 13.6. The van der Waals surface area contributed by atoms with Crippen LogP contribution in [-0.2, 0) is 20.8 Å². The first-order chi connectivity index (χ1) is 19.9. The SMILES string of the molecule is COc1ccccc1C(Cn1c(=O)n(C2CC(C(=O)O)C2)c(=O)c2c(C)c(-c3ncco3)sc21)OC1CCOCC1. The third kappa shape index (κ3) is 5.00. The van der Waals surface area contributed by atoms with Crippen LogP contribution in [0, 0.1) is 12.8 Å². The Balaban J connectivity index is 1.52. The largest absolute Gasteiger partial charge is 0.496 e. The van der Waals surface area contributed by atoms with E-state index in [4.69, 9.17) is 18.6 Å². The Morgan fingerprint density at radius 3 is 2.66 bits per heavy atom. The molecule has 11 nitrogen and oxygen atoms in total. The van der Waals surface area contributed by atoms with E-state index in [9.17, 15) is 19.5 Å². The van der Waals surface area contributed by atoms with Gasteiger partial charge >= 0.3 is 11.7 Å². The lowest BCUT2D eigenvalue weighted by atomic mass is 9.80. The maximum atomic E-state index is 14.2. The fourth-order valence-electron chi connectivity index (χ4n) is 5.74. The Morgan fingerprint density at radius 1 is 1.22 bits per heavy atom. The highest BCUT2D eigenvalue weighted by Crippen LogP contribution is 2.40. The quantitative estimate of drug-likeness (QED) is 0.309. The van der Waals surface area contributed by atoms with Gasteiger partial charge in [0.05, 0.1) is 42.1 Å². The maximum absolute atomic E-state index is 14.2. The first-order valence-corrected chi connectivity index (χ1v) is 14.5. The van der Waals surface area contributed by atoms with E-state index in [1.165, 1.54) is 28.4 Å². The lowest BCUT2D eigenvalue weighted by Gasteiger charge is -2.34. The second-order valence-corrected chi connectivity index (χ2v) is 11.5. The topological polar surface area (TPSA) is 135 Å².